The average Bonchev–Trinajstić information content (AvgIpc) is 3.01. The molecule has 0 aromatic heterocycles. The second-order valence-corrected chi connectivity index (χ2v) is 4.78. The number of nitro groups is 1. The highest BCUT2D eigenvalue weighted by atomic mass is 32.2. The van der Waals surface area contributed by atoms with Gasteiger partial charge in [0.2, 0.25) is 0 Å². The van der Waals surface area contributed by atoms with Crippen LogP contribution in [0.1, 0.15) is 12.8 Å². The first-order valence-corrected chi connectivity index (χ1v) is 5.58. The van der Waals surface area contributed by atoms with Gasteiger partial charge in [-0.3, -0.25) is 10.1 Å². The van der Waals surface area contributed by atoms with Crippen LogP contribution in [0.15, 0.2) is 23.1 Å². The van der Waals surface area contributed by atoms with E-state index in [1.165, 1.54) is 26.0 Å². The van der Waals surface area contributed by atoms with Gasteiger partial charge in [0, 0.05) is 22.3 Å². The number of benzene rings is 1. The quantitative estimate of drug-likeness (QED) is 0.584. The molecule has 5 heteroatoms. The van der Waals surface area contributed by atoms with E-state index in [1.54, 1.807) is 23.9 Å². The topological polar surface area (TPSA) is 52.4 Å². The standard InChI is InChI=1S/C10H11NO3S/c1-14-10-6-8(15-7-2-3-7)4-5-9(10)11(12)13/h4-7H,2-3H2,1H3. The fourth-order valence-electron chi connectivity index (χ4n) is 1.26. The van der Waals surface area contributed by atoms with Gasteiger partial charge >= 0.3 is 5.69 Å². The van der Waals surface area contributed by atoms with Gasteiger partial charge in [0.1, 0.15) is 0 Å². The Labute approximate surface area is 91.8 Å². The van der Waals surface area contributed by atoms with E-state index in [0.29, 0.717) is 11.0 Å². The van der Waals surface area contributed by atoms with Crippen LogP contribution in [0.25, 0.3) is 0 Å². The average molecular weight is 225 g/mol. The van der Waals surface area contributed by atoms with Gasteiger partial charge in [-0.1, -0.05) is 0 Å². The van der Waals surface area contributed by atoms with Gasteiger partial charge in [0.25, 0.3) is 0 Å². The summed E-state index contributed by atoms with van der Waals surface area (Å²) >= 11 is 1.76. The lowest BCUT2D eigenvalue weighted by Gasteiger charge is -2.04. The fourth-order valence-corrected chi connectivity index (χ4v) is 2.34. The summed E-state index contributed by atoms with van der Waals surface area (Å²) in [5.41, 5.74) is 0.0256. The van der Waals surface area contributed by atoms with Crippen molar-refractivity contribution in [1.82, 2.24) is 0 Å². The van der Waals surface area contributed by atoms with Gasteiger partial charge < -0.3 is 4.74 Å². The van der Waals surface area contributed by atoms with Crippen LogP contribution in [0.4, 0.5) is 5.69 Å². The van der Waals surface area contributed by atoms with Crippen molar-refractivity contribution in [2.24, 2.45) is 0 Å². The Hall–Kier alpha value is -1.23. The summed E-state index contributed by atoms with van der Waals surface area (Å²) in [5.74, 6) is 0.339. The molecule has 0 saturated heterocycles. The summed E-state index contributed by atoms with van der Waals surface area (Å²) in [7, 11) is 1.45. The zero-order valence-electron chi connectivity index (χ0n) is 8.30. The van der Waals surface area contributed by atoms with Gasteiger partial charge in [-0.15, -0.1) is 11.8 Å². The van der Waals surface area contributed by atoms with Gasteiger partial charge in [0.05, 0.1) is 12.0 Å². The number of hydrogen-bond donors (Lipinski definition) is 0. The monoisotopic (exact) mass is 225 g/mol. The third-order valence-corrected chi connectivity index (χ3v) is 3.51. The summed E-state index contributed by atoms with van der Waals surface area (Å²) in [4.78, 5) is 11.3. The lowest BCUT2D eigenvalue weighted by Crippen LogP contribution is -1.93. The molecule has 1 fully saturated rings. The molecule has 0 bridgehead atoms. The predicted octanol–water partition coefficient (Wildman–Crippen LogP) is 2.86. The molecule has 0 amide bonds. The van der Waals surface area contributed by atoms with Gasteiger partial charge in [0.15, 0.2) is 5.75 Å². The van der Waals surface area contributed by atoms with Gasteiger partial charge in [-0.25, -0.2) is 0 Å². The minimum absolute atomic E-state index is 0.0256. The molecular weight excluding hydrogens is 214 g/mol. The molecule has 0 unspecified atom stereocenters. The van der Waals surface area contributed by atoms with Crippen molar-refractivity contribution in [3.05, 3.63) is 28.3 Å². The van der Waals surface area contributed by atoms with Crippen LogP contribution in [0.5, 0.6) is 5.75 Å². The number of rotatable bonds is 4. The van der Waals surface area contributed by atoms with Crippen molar-refractivity contribution in [1.29, 1.82) is 0 Å². The molecule has 80 valence electrons. The molecule has 1 saturated carbocycles. The molecular formula is C10H11NO3S. The zero-order valence-corrected chi connectivity index (χ0v) is 9.12. The SMILES string of the molecule is COc1cc(SC2CC2)ccc1[N+](=O)[O-]. The van der Waals surface area contributed by atoms with Crippen LogP contribution in [0.3, 0.4) is 0 Å². The van der Waals surface area contributed by atoms with Crippen molar-refractivity contribution in [2.45, 2.75) is 23.0 Å². The molecule has 1 aliphatic carbocycles. The molecule has 1 aliphatic rings. The van der Waals surface area contributed by atoms with Crippen molar-refractivity contribution in [3.63, 3.8) is 0 Å². The van der Waals surface area contributed by atoms with E-state index >= 15 is 0 Å². The van der Waals surface area contributed by atoms with Crippen LogP contribution < -0.4 is 4.74 Å². The van der Waals surface area contributed by atoms with E-state index in [-0.39, 0.29) is 5.69 Å². The third kappa shape index (κ3) is 2.41. The molecule has 4 nitrogen and oxygen atoms in total. The van der Waals surface area contributed by atoms with E-state index in [2.05, 4.69) is 0 Å². The highest BCUT2D eigenvalue weighted by Crippen LogP contribution is 2.41. The maximum absolute atomic E-state index is 10.6. The Bertz CT molecular complexity index is 390. The minimum atomic E-state index is -0.426. The van der Waals surface area contributed by atoms with Crippen molar-refractivity contribution < 1.29 is 9.66 Å². The summed E-state index contributed by atoms with van der Waals surface area (Å²) in [6, 6.07) is 5.02. The normalized spacial score (nSPS) is 15.0. The Kier molecular flexibility index (Phi) is 2.81. The molecule has 0 N–H and O–H groups in total. The predicted molar refractivity (Wildman–Crippen MR) is 58.5 cm³/mol. The molecule has 2 rings (SSSR count). The first-order valence-electron chi connectivity index (χ1n) is 4.70. The molecule has 0 aliphatic heterocycles. The number of thioether (sulfide) groups is 1. The fraction of sp³-hybridized carbons (Fsp3) is 0.400. The smallest absolute Gasteiger partial charge is 0.310 e. The summed E-state index contributed by atoms with van der Waals surface area (Å²) in [6.45, 7) is 0. The first-order chi connectivity index (χ1) is 7.20. The second kappa shape index (κ2) is 4.10. The lowest BCUT2D eigenvalue weighted by molar-refractivity contribution is -0.385. The van der Waals surface area contributed by atoms with Crippen molar-refractivity contribution >= 4 is 17.4 Å². The molecule has 0 radical (unpaired) electrons. The van der Waals surface area contributed by atoms with Crippen molar-refractivity contribution in [2.75, 3.05) is 7.11 Å². The highest BCUT2D eigenvalue weighted by molar-refractivity contribution is 8.00. The van der Waals surface area contributed by atoms with Crippen LogP contribution in [-0.2, 0) is 0 Å². The molecule has 15 heavy (non-hydrogen) atoms. The third-order valence-electron chi connectivity index (χ3n) is 2.18. The first kappa shape index (κ1) is 10.3. The second-order valence-electron chi connectivity index (χ2n) is 3.41. The number of ether oxygens (including phenoxy) is 1. The van der Waals surface area contributed by atoms with E-state index < -0.39 is 4.92 Å². The molecule has 1 aromatic carbocycles. The Morgan fingerprint density at radius 3 is 2.80 bits per heavy atom. The maximum Gasteiger partial charge on any atom is 0.310 e. The van der Waals surface area contributed by atoms with Crippen LogP contribution in [-0.4, -0.2) is 17.3 Å². The number of nitrogens with zero attached hydrogens (tertiary/aromatic N) is 1. The van der Waals surface area contributed by atoms with E-state index in [4.69, 9.17) is 4.74 Å². The van der Waals surface area contributed by atoms with E-state index in [0.717, 1.165) is 4.90 Å². The molecule has 0 heterocycles. The zero-order chi connectivity index (χ0) is 10.8. The molecule has 0 atom stereocenters. The minimum Gasteiger partial charge on any atom is -0.490 e. The van der Waals surface area contributed by atoms with Crippen LogP contribution in [0.2, 0.25) is 0 Å². The van der Waals surface area contributed by atoms with Crippen molar-refractivity contribution in [3.8, 4) is 5.75 Å². The lowest BCUT2D eigenvalue weighted by atomic mass is 10.3. The van der Waals surface area contributed by atoms with Gasteiger partial charge in [-0.05, 0) is 18.9 Å². The molecule has 0 spiro atoms. The number of methoxy groups -OCH3 is 1. The van der Waals surface area contributed by atoms with E-state index in [9.17, 15) is 10.1 Å². The Morgan fingerprint density at radius 2 is 2.27 bits per heavy atom. The summed E-state index contributed by atoms with van der Waals surface area (Å²) in [5, 5.41) is 11.3. The van der Waals surface area contributed by atoms with Gasteiger partial charge in [-0.2, -0.15) is 0 Å². The highest BCUT2D eigenvalue weighted by Gasteiger charge is 2.23. The van der Waals surface area contributed by atoms with E-state index in [1.807, 2.05) is 0 Å². The Morgan fingerprint density at radius 1 is 1.53 bits per heavy atom. The maximum atomic E-state index is 10.6. The van der Waals surface area contributed by atoms with Crippen LogP contribution in [0, 0.1) is 10.1 Å². The largest absolute Gasteiger partial charge is 0.490 e. The molecule has 1 aromatic rings. The van der Waals surface area contributed by atoms with Crippen LogP contribution >= 0.6 is 11.8 Å². The summed E-state index contributed by atoms with van der Waals surface area (Å²) in [6.07, 6.45) is 2.48. The number of hydrogen-bond acceptors (Lipinski definition) is 4. The Balaban J connectivity index is 2.24. The summed E-state index contributed by atoms with van der Waals surface area (Å²) < 4.78 is 4.99. The number of nitro benzene ring substituents is 1.